The molecule has 148 valence electrons. The molecule has 0 aromatic heterocycles. The van der Waals surface area contributed by atoms with Gasteiger partial charge in [0, 0.05) is 38.6 Å². The van der Waals surface area contributed by atoms with E-state index in [4.69, 9.17) is 0 Å². The summed E-state index contributed by atoms with van der Waals surface area (Å²) in [6, 6.07) is 9.75. The summed E-state index contributed by atoms with van der Waals surface area (Å²) in [4.78, 5) is 17.2. The Morgan fingerprint density at radius 3 is 2.37 bits per heavy atom. The van der Waals surface area contributed by atoms with Crippen molar-refractivity contribution in [3.8, 4) is 0 Å². The highest BCUT2D eigenvalue weighted by atomic mass is 16.2. The van der Waals surface area contributed by atoms with Crippen LogP contribution in [-0.4, -0.2) is 41.4 Å². The largest absolute Gasteiger partial charge is 0.343 e. The van der Waals surface area contributed by atoms with E-state index in [-0.39, 0.29) is 0 Å². The predicted molar refractivity (Wildman–Crippen MR) is 111 cm³/mol. The molecule has 0 N–H and O–H groups in total. The van der Waals surface area contributed by atoms with Gasteiger partial charge in [0.2, 0.25) is 5.91 Å². The summed E-state index contributed by atoms with van der Waals surface area (Å²) in [6.45, 7) is 8.64. The van der Waals surface area contributed by atoms with E-state index in [9.17, 15) is 4.79 Å². The lowest BCUT2D eigenvalue weighted by Gasteiger charge is -2.48. The quantitative estimate of drug-likeness (QED) is 0.776. The second-order valence-corrected chi connectivity index (χ2v) is 9.70. The molecule has 1 saturated heterocycles. The van der Waals surface area contributed by atoms with Crippen LogP contribution in [0.5, 0.6) is 0 Å². The van der Waals surface area contributed by atoms with Crippen molar-refractivity contribution in [3.63, 3.8) is 0 Å². The first-order chi connectivity index (χ1) is 13.0. The van der Waals surface area contributed by atoms with Crippen molar-refractivity contribution in [1.29, 1.82) is 0 Å². The van der Waals surface area contributed by atoms with Crippen molar-refractivity contribution < 1.29 is 4.79 Å². The van der Waals surface area contributed by atoms with Crippen LogP contribution in [-0.2, 0) is 17.8 Å². The van der Waals surface area contributed by atoms with Crippen LogP contribution in [0.2, 0.25) is 0 Å². The van der Waals surface area contributed by atoms with Crippen molar-refractivity contribution in [3.05, 3.63) is 35.4 Å². The molecule has 3 aliphatic rings. The van der Waals surface area contributed by atoms with Crippen LogP contribution in [0.4, 0.5) is 0 Å². The van der Waals surface area contributed by atoms with Crippen molar-refractivity contribution in [2.75, 3.05) is 19.6 Å². The Morgan fingerprint density at radius 1 is 1.04 bits per heavy atom. The van der Waals surface area contributed by atoms with Gasteiger partial charge in [0.1, 0.15) is 0 Å². The van der Waals surface area contributed by atoms with Gasteiger partial charge in [-0.3, -0.25) is 9.69 Å². The summed E-state index contributed by atoms with van der Waals surface area (Å²) in [5.41, 5.74) is 3.62. The van der Waals surface area contributed by atoms with Crippen molar-refractivity contribution >= 4 is 5.91 Å². The molecule has 1 spiro atoms. The van der Waals surface area contributed by atoms with Gasteiger partial charge in [0.25, 0.3) is 0 Å². The predicted octanol–water partition coefficient (Wildman–Crippen LogP) is 4.64. The zero-order valence-corrected chi connectivity index (χ0v) is 17.3. The molecule has 0 radical (unpaired) electrons. The van der Waals surface area contributed by atoms with Gasteiger partial charge in [-0.2, -0.15) is 0 Å². The lowest BCUT2D eigenvalue weighted by atomic mass is 9.66. The van der Waals surface area contributed by atoms with Crippen LogP contribution in [0.15, 0.2) is 24.3 Å². The average molecular weight is 369 g/mol. The molecule has 27 heavy (non-hydrogen) atoms. The van der Waals surface area contributed by atoms with Gasteiger partial charge in [0.15, 0.2) is 0 Å². The first kappa shape index (κ1) is 19.0. The van der Waals surface area contributed by atoms with E-state index in [0.717, 1.165) is 25.7 Å². The smallest absolute Gasteiger partial charge is 0.222 e. The Morgan fingerprint density at radius 2 is 1.70 bits per heavy atom. The van der Waals surface area contributed by atoms with Crippen molar-refractivity contribution in [1.82, 2.24) is 9.80 Å². The van der Waals surface area contributed by atoms with Gasteiger partial charge >= 0.3 is 0 Å². The number of benzene rings is 1. The number of hydrogen-bond donors (Lipinski definition) is 0. The minimum atomic E-state index is 0.375. The number of carbonyl (C=O) groups is 1. The number of amides is 1. The third kappa shape index (κ3) is 4.23. The first-order valence-electron chi connectivity index (χ1n) is 11.1. The maximum Gasteiger partial charge on any atom is 0.222 e. The number of likely N-dealkylation sites (tertiary alicyclic amines) is 1. The fourth-order valence-corrected chi connectivity index (χ4v) is 5.62. The SMILES string of the molecule is CC(C)CC(=O)N1CCC2(CCC(N3CCc4ccccc4C3)CC2)CC1. The molecule has 3 nitrogen and oxygen atoms in total. The van der Waals surface area contributed by atoms with Gasteiger partial charge < -0.3 is 4.90 Å². The van der Waals surface area contributed by atoms with E-state index in [1.165, 1.54) is 51.5 Å². The molecule has 1 amide bonds. The molecule has 1 aliphatic carbocycles. The van der Waals surface area contributed by atoms with E-state index in [1.54, 1.807) is 11.1 Å². The number of nitrogens with zero attached hydrogens (tertiary/aromatic N) is 2. The fourth-order valence-electron chi connectivity index (χ4n) is 5.62. The van der Waals surface area contributed by atoms with Crippen LogP contribution >= 0.6 is 0 Å². The third-order valence-electron chi connectivity index (χ3n) is 7.45. The first-order valence-corrected chi connectivity index (χ1v) is 11.1. The van der Waals surface area contributed by atoms with Gasteiger partial charge in [-0.05, 0) is 67.4 Å². The summed E-state index contributed by atoms with van der Waals surface area (Å²) >= 11 is 0. The molecule has 1 aromatic carbocycles. The van der Waals surface area contributed by atoms with Crippen LogP contribution in [0.1, 0.15) is 69.9 Å². The van der Waals surface area contributed by atoms with Crippen LogP contribution in [0.25, 0.3) is 0 Å². The van der Waals surface area contributed by atoms with Crippen molar-refractivity contribution in [2.45, 2.75) is 77.8 Å². The lowest BCUT2D eigenvalue weighted by molar-refractivity contribution is -0.134. The molecule has 0 bridgehead atoms. The summed E-state index contributed by atoms with van der Waals surface area (Å²) in [7, 11) is 0. The molecule has 4 rings (SSSR count). The Hall–Kier alpha value is -1.35. The highest BCUT2D eigenvalue weighted by Gasteiger charge is 2.40. The highest BCUT2D eigenvalue weighted by molar-refractivity contribution is 5.76. The molecule has 2 fully saturated rings. The monoisotopic (exact) mass is 368 g/mol. The van der Waals surface area contributed by atoms with Gasteiger partial charge in [0.05, 0.1) is 0 Å². The molecule has 1 aromatic rings. The zero-order chi connectivity index (χ0) is 18.9. The van der Waals surface area contributed by atoms with Gasteiger partial charge in [-0.25, -0.2) is 0 Å². The Labute approximate surface area is 165 Å². The number of hydrogen-bond acceptors (Lipinski definition) is 2. The summed E-state index contributed by atoms with van der Waals surface area (Å²) in [5, 5.41) is 0. The van der Waals surface area contributed by atoms with E-state index >= 15 is 0 Å². The Bertz CT molecular complexity index is 650. The second-order valence-electron chi connectivity index (χ2n) is 9.70. The number of carbonyl (C=O) groups excluding carboxylic acids is 1. The Kier molecular flexibility index (Phi) is 5.59. The number of fused-ring (bicyclic) bond motifs is 1. The molecule has 0 atom stereocenters. The minimum absolute atomic E-state index is 0.375. The maximum absolute atomic E-state index is 12.4. The molecule has 3 heteroatoms. The summed E-state index contributed by atoms with van der Waals surface area (Å²) < 4.78 is 0. The highest BCUT2D eigenvalue weighted by Crippen LogP contribution is 2.46. The van der Waals surface area contributed by atoms with Crippen LogP contribution < -0.4 is 0 Å². The zero-order valence-electron chi connectivity index (χ0n) is 17.3. The molecule has 0 unspecified atom stereocenters. The number of piperidine rings is 1. The van der Waals surface area contributed by atoms with Crippen LogP contribution in [0.3, 0.4) is 0 Å². The molecule has 1 saturated carbocycles. The normalized spacial score (nSPS) is 23.6. The average Bonchev–Trinajstić information content (AvgIpc) is 2.68. The molecule has 2 heterocycles. The third-order valence-corrected chi connectivity index (χ3v) is 7.45. The Balaban J connectivity index is 1.28. The summed E-state index contributed by atoms with van der Waals surface area (Å²) in [5.74, 6) is 0.846. The second kappa shape index (κ2) is 7.95. The maximum atomic E-state index is 12.4. The van der Waals surface area contributed by atoms with E-state index in [1.807, 2.05) is 0 Å². The molecule has 2 aliphatic heterocycles. The van der Waals surface area contributed by atoms with Crippen LogP contribution in [0, 0.1) is 11.3 Å². The topological polar surface area (TPSA) is 23.6 Å². The lowest BCUT2D eigenvalue weighted by Crippen LogP contribution is -2.48. The molecular weight excluding hydrogens is 332 g/mol. The molecular formula is C24H36N2O. The van der Waals surface area contributed by atoms with E-state index in [2.05, 4.69) is 47.9 Å². The fraction of sp³-hybridized carbons (Fsp3) is 0.708. The number of rotatable bonds is 3. The van der Waals surface area contributed by atoms with Gasteiger partial charge in [-0.1, -0.05) is 38.1 Å². The van der Waals surface area contributed by atoms with E-state index in [0.29, 0.717) is 23.7 Å². The minimum Gasteiger partial charge on any atom is -0.343 e. The van der Waals surface area contributed by atoms with Crippen molar-refractivity contribution in [2.24, 2.45) is 11.3 Å². The standard InChI is InChI=1S/C24H36N2O/c1-19(2)17-23(27)25-15-12-24(13-16-25)10-7-22(8-11-24)26-14-9-20-5-3-4-6-21(20)18-26/h3-6,19,22H,7-18H2,1-2H3. The van der Waals surface area contributed by atoms with E-state index < -0.39 is 0 Å². The van der Waals surface area contributed by atoms with Gasteiger partial charge in [-0.15, -0.1) is 0 Å². The summed E-state index contributed by atoms with van der Waals surface area (Å²) in [6.07, 6.45) is 9.81.